The smallest absolute Gasteiger partial charge is 0.240 e. The van der Waals surface area contributed by atoms with Gasteiger partial charge in [0.05, 0.1) is 18.8 Å². The van der Waals surface area contributed by atoms with Gasteiger partial charge in [-0.05, 0) is 47.5 Å². The van der Waals surface area contributed by atoms with E-state index in [0.717, 1.165) is 10.0 Å². The van der Waals surface area contributed by atoms with Gasteiger partial charge >= 0.3 is 0 Å². The molecule has 0 fully saturated rings. The van der Waals surface area contributed by atoms with Crippen molar-refractivity contribution < 1.29 is 9.53 Å². The van der Waals surface area contributed by atoms with Gasteiger partial charge in [-0.25, -0.2) is 0 Å². The fourth-order valence-corrected chi connectivity index (χ4v) is 2.85. The molecule has 0 saturated carbocycles. The summed E-state index contributed by atoms with van der Waals surface area (Å²) in [6, 6.07) is 13.1. The van der Waals surface area contributed by atoms with Crippen LogP contribution in [0.15, 0.2) is 53.1 Å². The van der Waals surface area contributed by atoms with E-state index in [2.05, 4.69) is 31.4 Å². The first-order valence-electron chi connectivity index (χ1n) is 8.56. The van der Waals surface area contributed by atoms with Crippen LogP contribution in [0.2, 0.25) is 0 Å². The molecular weight excluding hydrogens is 446 g/mol. The van der Waals surface area contributed by atoms with Gasteiger partial charge in [0.2, 0.25) is 5.91 Å². The second-order valence-electron chi connectivity index (χ2n) is 6.88. The number of halogens is 2. The summed E-state index contributed by atoms with van der Waals surface area (Å²) < 4.78 is 8.55. The number of benzene rings is 1. The highest BCUT2D eigenvalue weighted by molar-refractivity contribution is 9.10. The predicted molar refractivity (Wildman–Crippen MR) is 113 cm³/mol. The van der Waals surface area contributed by atoms with E-state index in [1.807, 2.05) is 53.1 Å². The standard InChI is InChI=1S/C19H22BrN5O2.ClH/c1-19(2,21)18(26)22-15(12-27-11-13-6-4-3-5-7-13)17-24-23-16-9-8-14(20)10-25(16)17;/h3-10,15H,11-12,21H2,1-2H3,(H,22,26);1H/t15-;/m1./s1. The minimum absolute atomic E-state index is 0. The predicted octanol–water partition coefficient (Wildman–Crippen LogP) is 3.03. The number of rotatable bonds is 7. The summed E-state index contributed by atoms with van der Waals surface area (Å²) >= 11 is 3.45. The van der Waals surface area contributed by atoms with Crippen molar-refractivity contribution in [2.45, 2.75) is 32.0 Å². The van der Waals surface area contributed by atoms with Crippen molar-refractivity contribution in [3.8, 4) is 0 Å². The SMILES string of the molecule is CC(C)(N)C(=O)N[C@H](COCc1ccccc1)c1nnc2ccc(Br)cn12.Cl. The van der Waals surface area contributed by atoms with Crippen LogP contribution < -0.4 is 11.1 Å². The molecule has 0 unspecified atom stereocenters. The number of amides is 1. The first kappa shape index (κ1) is 22.3. The van der Waals surface area contributed by atoms with E-state index in [0.29, 0.717) is 18.1 Å². The number of pyridine rings is 1. The Labute approximate surface area is 178 Å². The molecular formula is C19H23BrClN5O2. The number of fused-ring (bicyclic) bond motifs is 1. The molecule has 0 aliphatic rings. The van der Waals surface area contributed by atoms with Crippen LogP contribution in [0.5, 0.6) is 0 Å². The number of nitrogens with one attached hydrogen (secondary N) is 1. The molecule has 2 heterocycles. The lowest BCUT2D eigenvalue weighted by Gasteiger charge is -2.23. The molecule has 0 aliphatic carbocycles. The molecule has 0 spiro atoms. The fraction of sp³-hybridized carbons (Fsp3) is 0.316. The van der Waals surface area contributed by atoms with Crippen molar-refractivity contribution in [1.29, 1.82) is 0 Å². The Bertz CT molecular complexity index is 927. The van der Waals surface area contributed by atoms with Crippen LogP contribution in [-0.2, 0) is 16.1 Å². The molecule has 0 aliphatic heterocycles. The average Bonchev–Trinajstić information content (AvgIpc) is 3.03. The lowest BCUT2D eigenvalue weighted by molar-refractivity contribution is -0.126. The summed E-state index contributed by atoms with van der Waals surface area (Å²) in [5, 5.41) is 11.4. The van der Waals surface area contributed by atoms with Crippen LogP contribution in [0.25, 0.3) is 5.65 Å². The summed E-state index contributed by atoms with van der Waals surface area (Å²) in [6.07, 6.45) is 1.86. The molecule has 28 heavy (non-hydrogen) atoms. The largest absolute Gasteiger partial charge is 0.374 e. The molecule has 1 atom stereocenters. The number of carbonyl (C=O) groups excluding carboxylic acids is 1. The van der Waals surface area contributed by atoms with Gasteiger partial charge in [-0.15, -0.1) is 22.6 Å². The molecule has 1 amide bonds. The molecule has 0 saturated heterocycles. The Morgan fingerprint density at radius 2 is 1.96 bits per heavy atom. The Hall–Kier alpha value is -2.00. The third-order valence-corrected chi connectivity index (χ3v) is 4.46. The van der Waals surface area contributed by atoms with Crippen molar-refractivity contribution >= 4 is 39.9 Å². The van der Waals surface area contributed by atoms with Gasteiger partial charge in [0.25, 0.3) is 0 Å². The second kappa shape index (κ2) is 9.47. The Morgan fingerprint density at radius 3 is 2.64 bits per heavy atom. The zero-order chi connectivity index (χ0) is 19.4. The Balaban J connectivity index is 0.00000280. The van der Waals surface area contributed by atoms with E-state index in [-0.39, 0.29) is 24.9 Å². The highest BCUT2D eigenvalue weighted by Crippen LogP contribution is 2.18. The zero-order valence-electron chi connectivity index (χ0n) is 15.6. The highest BCUT2D eigenvalue weighted by atomic mass is 79.9. The Morgan fingerprint density at radius 1 is 1.25 bits per heavy atom. The van der Waals surface area contributed by atoms with Gasteiger partial charge in [-0.1, -0.05) is 30.3 Å². The number of hydrogen-bond donors (Lipinski definition) is 2. The quantitative estimate of drug-likeness (QED) is 0.556. The molecule has 150 valence electrons. The van der Waals surface area contributed by atoms with E-state index < -0.39 is 11.6 Å². The first-order chi connectivity index (χ1) is 12.8. The van der Waals surface area contributed by atoms with Crippen molar-refractivity contribution in [1.82, 2.24) is 19.9 Å². The van der Waals surface area contributed by atoms with Crippen LogP contribution in [0.3, 0.4) is 0 Å². The number of carbonyl (C=O) groups is 1. The van der Waals surface area contributed by atoms with Crippen LogP contribution >= 0.6 is 28.3 Å². The van der Waals surface area contributed by atoms with E-state index in [1.165, 1.54) is 0 Å². The maximum absolute atomic E-state index is 12.4. The van der Waals surface area contributed by atoms with Crippen molar-refractivity contribution in [3.05, 3.63) is 64.5 Å². The molecule has 3 N–H and O–H groups in total. The van der Waals surface area contributed by atoms with E-state index in [4.69, 9.17) is 10.5 Å². The summed E-state index contributed by atoms with van der Waals surface area (Å²) in [7, 11) is 0. The van der Waals surface area contributed by atoms with Gasteiger partial charge in [0.15, 0.2) is 11.5 Å². The van der Waals surface area contributed by atoms with Crippen LogP contribution in [0.1, 0.15) is 31.3 Å². The number of ether oxygens (including phenoxy) is 1. The first-order valence-corrected chi connectivity index (χ1v) is 9.35. The summed E-state index contributed by atoms with van der Waals surface area (Å²) in [6.45, 7) is 3.98. The van der Waals surface area contributed by atoms with Crippen molar-refractivity contribution in [2.24, 2.45) is 5.73 Å². The van der Waals surface area contributed by atoms with Gasteiger partial charge < -0.3 is 15.8 Å². The molecule has 3 rings (SSSR count). The van der Waals surface area contributed by atoms with Crippen LogP contribution in [0, 0.1) is 0 Å². The third kappa shape index (κ3) is 5.51. The Kier molecular flexibility index (Phi) is 7.54. The van der Waals surface area contributed by atoms with Gasteiger partial charge in [0.1, 0.15) is 6.04 Å². The molecule has 2 aromatic heterocycles. The summed E-state index contributed by atoms with van der Waals surface area (Å²) in [5.41, 5.74) is 6.65. The molecule has 1 aromatic carbocycles. The van der Waals surface area contributed by atoms with Crippen LogP contribution in [0.4, 0.5) is 0 Å². The maximum Gasteiger partial charge on any atom is 0.240 e. The minimum Gasteiger partial charge on any atom is -0.374 e. The molecule has 0 bridgehead atoms. The number of aromatic nitrogens is 3. The lowest BCUT2D eigenvalue weighted by atomic mass is 10.1. The maximum atomic E-state index is 12.4. The highest BCUT2D eigenvalue weighted by Gasteiger charge is 2.28. The van der Waals surface area contributed by atoms with Crippen molar-refractivity contribution in [3.63, 3.8) is 0 Å². The third-order valence-electron chi connectivity index (χ3n) is 3.99. The molecule has 3 aromatic rings. The van der Waals surface area contributed by atoms with E-state index in [9.17, 15) is 4.79 Å². The van der Waals surface area contributed by atoms with Gasteiger partial charge in [-0.3, -0.25) is 9.20 Å². The molecule has 7 nitrogen and oxygen atoms in total. The van der Waals surface area contributed by atoms with Gasteiger partial charge in [-0.2, -0.15) is 0 Å². The topological polar surface area (TPSA) is 94.5 Å². The van der Waals surface area contributed by atoms with E-state index >= 15 is 0 Å². The van der Waals surface area contributed by atoms with Gasteiger partial charge in [0, 0.05) is 10.7 Å². The van der Waals surface area contributed by atoms with E-state index in [1.54, 1.807) is 13.8 Å². The number of nitrogens with zero attached hydrogens (tertiary/aromatic N) is 3. The average molecular weight is 469 g/mol. The monoisotopic (exact) mass is 467 g/mol. The number of hydrogen-bond acceptors (Lipinski definition) is 5. The molecule has 0 radical (unpaired) electrons. The summed E-state index contributed by atoms with van der Waals surface area (Å²) in [4.78, 5) is 12.4. The number of nitrogens with two attached hydrogens (primary N) is 1. The fourth-order valence-electron chi connectivity index (χ4n) is 2.51. The summed E-state index contributed by atoms with van der Waals surface area (Å²) in [5.74, 6) is 0.291. The lowest BCUT2D eigenvalue weighted by Crippen LogP contribution is -2.50. The normalized spacial score (nSPS) is 12.4. The minimum atomic E-state index is -1.02. The molecule has 9 heteroatoms. The second-order valence-corrected chi connectivity index (χ2v) is 7.80. The zero-order valence-corrected chi connectivity index (χ0v) is 18.0. The van der Waals surface area contributed by atoms with Crippen molar-refractivity contribution in [2.75, 3.05) is 6.61 Å². The van der Waals surface area contributed by atoms with Crippen LogP contribution in [-0.4, -0.2) is 32.7 Å².